The van der Waals surface area contributed by atoms with Crippen LogP contribution >= 0.6 is 11.3 Å². The maximum Gasteiger partial charge on any atom is 0.186 e. The van der Waals surface area contributed by atoms with Crippen molar-refractivity contribution >= 4 is 26.7 Å². The van der Waals surface area contributed by atoms with Gasteiger partial charge in [-0.15, -0.1) is 0 Å². The standard InChI is InChI=1S/C18H22N4OS/c1-12(2)17-19-7-8-21(17)9-13-10-22(11-13)18-20-16-14(23-3)5-4-6-15(16)24-18/h4-8,12-13H,9-11H2,1-3H3. The molecule has 0 atom stereocenters. The molecule has 0 unspecified atom stereocenters. The Balaban J connectivity index is 1.45. The maximum atomic E-state index is 5.41. The van der Waals surface area contributed by atoms with Crippen molar-refractivity contribution < 1.29 is 4.74 Å². The third-order valence-electron chi connectivity index (χ3n) is 4.54. The Morgan fingerprint density at radius 1 is 1.33 bits per heavy atom. The molecule has 2 aromatic heterocycles. The first kappa shape index (κ1) is 15.4. The fourth-order valence-corrected chi connectivity index (χ4v) is 4.31. The predicted molar refractivity (Wildman–Crippen MR) is 98.2 cm³/mol. The summed E-state index contributed by atoms with van der Waals surface area (Å²) < 4.78 is 8.90. The van der Waals surface area contributed by atoms with Crippen LogP contribution in [0.3, 0.4) is 0 Å². The second kappa shape index (κ2) is 6.09. The van der Waals surface area contributed by atoms with Gasteiger partial charge >= 0.3 is 0 Å². The Morgan fingerprint density at radius 2 is 2.17 bits per heavy atom. The topological polar surface area (TPSA) is 43.2 Å². The molecular formula is C18H22N4OS. The summed E-state index contributed by atoms with van der Waals surface area (Å²) in [5.41, 5.74) is 0.972. The Morgan fingerprint density at radius 3 is 2.92 bits per heavy atom. The van der Waals surface area contributed by atoms with E-state index in [0.717, 1.165) is 36.0 Å². The van der Waals surface area contributed by atoms with Gasteiger partial charge in [0.2, 0.25) is 0 Å². The number of anilines is 1. The molecule has 0 bridgehead atoms. The first-order valence-corrected chi connectivity index (χ1v) is 9.17. The fraction of sp³-hybridized carbons (Fsp3) is 0.444. The zero-order valence-electron chi connectivity index (χ0n) is 14.3. The zero-order chi connectivity index (χ0) is 16.7. The molecule has 1 fully saturated rings. The normalized spacial score (nSPS) is 15.2. The lowest BCUT2D eigenvalue weighted by atomic mass is 10.0. The quantitative estimate of drug-likeness (QED) is 0.708. The van der Waals surface area contributed by atoms with Gasteiger partial charge in [0.05, 0.1) is 11.8 Å². The van der Waals surface area contributed by atoms with E-state index in [1.54, 1.807) is 18.4 Å². The SMILES string of the molecule is COc1cccc2sc(N3CC(Cn4ccnc4C(C)C)C3)nc12. The van der Waals surface area contributed by atoms with Crippen LogP contribution in [0.15, 0.2) is 30.6 Å². The molecule has 0 saturated carbocycles. The maximum absolute atomic E-state index is 5.41. The van der Waals surface area contributed by atoms with Crippen LogP contribution in [0.4, 0.5) is 5.13 Å². The monoisotopic (exact) mass is 342 g/mol. The van der Waals surface area contributed by atoms with Gasteiger partial charge in [-0.1, -0.05) is 31.3 Å². The third kappa shape index (κ3) is 2.65. The molecular weight excluding hydrogens is 320 g/mol. The lowest BCUT2D eigenvalue weighted by Gasteiger charge is -2.39. The van der Waals surface area contributed by atoms with Crippen LogP contribution in [0.25, 0.3) is 10.2 Å². The van der Waals surface area contributed by atoms with Crippen molar-refractivity contribution in [2.24, 2.45) is 5.92 Å². The minimum atomic E-state index is 0.466. The van der Waals surface area contributed by atoms with Gasteiger partial charge < -0.3 is 14.2 Å². The van der Waals surface area contributed by atoms with Gasteiger partial charge in [0.15, 0.2) is 5.13 Å². The van der Waals surface area contributed by atoms with Crippen molar-refractivity contribution in [3.05, 3.63) is 36.4 Å². The molecule has 0 N–H and O–H groups in total. The van der Waals surface area contributed by atoms with E-state index in [0.29, 0.717) is 11.8 Å². The summed E-state index contributed by atoms with van der Waals surface area (Å²) in [5.74, 6) is 3.16. The number of thiazole rings is 1. The number of methoxy groups -OCH3 is 1. The van der Waals surface area contributed by atoms with E-state index in [1.807, 2.05) is 18.3 Å². The lowest BCUT2D eigenvalue weighted by Crippen LogP contribution is -2.48. The minimum absolute atomic E-state index is 0.466. The van der Waals surface area contributed by atoms with Crippen LogP contribution < -0.4 is 9.64 Å². The molecule has 0 radical (unpaired) electrons. The van der Waals surface area contributed by atoms with Crippen molar-refractivity contribution in [3.63, 3.8) is 0 Å². The van der Waals surface area contributed by atoms with Gasteiger partial charge in [0, 0.05) is 43.9 Å². The first-order valence-electron chi connectivity index (χ1n) is 8.35. The molecule has 0 spiro atoms. The highest BCUT2D eigenvalue weighted by molar-refractivity contribution is 7.22. The van der Waals surface area contributed by atoms with Crippen molar-refractivity contribution in [1.82, 2.24) is 14.5 Å². The van der Waals surface area contributed by atoms with Gasteiger partial charge in [0.1, 0.15) is 17.1 Å². The van der Waals surface area contributed by atoms with E-state index in [4.69, 9.17) is 9.72 Å². The van der Waals surface area contributed by atoms with Crippen LogP contribution in [0.5, 0.6) is 5.75 Å². The van der Waals surface area contributed by atoms with E-state index >= 15 is 0 Å². The average Bonchev–Trinajstić information content (AvgIpc) is 3.16. The van der Waals surface area contributed by atoms with E-state index in [1.165, 1.54) is 10.5 Å². The highest BCUT2D eigenvalue weighted by Crippen LogP contribution is 2.36. The number of nitrogens with zero attached hydrogens (tertiary/aromatic N) is 4. The highest BCUT2D eigenvalue weighted by Gasteiger charge is 2.30. The molecule has 6 heteroatoms. The number of benzene rings is 1. The van der Waals surface area contributed by atoms with Gasteiger partial charge in [0.25, 0.3) is 0 Å². The van der Waals surface area contributed by atoms with E-state index < -0.39 is 0 Å². The van der Waals surface area contributed by atoms with Crippen molar-refractivity contribution in [1.29, 1.82) is 0 Å². The third-order valence-corrected chi connectivity index (χ3v) is 5.62. The summed E-state index contributed by atoms with van der Waals surface area (Å²) in [4.78, 5) is 11.6. The van der Waals surface area contributed by atoms with Gasteiger partial charge in [-0.3, -0.25) is 0 Å². The first-order chi connectivity index (χ1) is 11.7. The smallest absolute Gasteiger partial charge is 0.186 e. The molecule has 0 amide bonds. The number of fused-ring (bicyclic) bond motifs is 1. The Bertz CT molecular complexity index is 848. The van der Waals surface area contributed by atoms with Crippen LogP contribution in [0, 0.1) is 5.92 Å². The summed E-state index contributed by atoms with van der Waals surface area (Å²) >= 11 is 1.74. The largest absolute Gasteiger partial charge is 0.494 e. The van der Waals surface area contributed by atoms with Crippen molar-refractivity contribution in [2.45, 2.75) is 26.3 Å². The Hall–Kier alpha value is -2.08. The number of rotatable bonds is 5. The molecule has 126 valence electrons. The molecule has 1 aliphatic rings. The molecule has 1 aliphatic heterocycles. The van der Waals surface area contributed by atoms with E-state index in [9.17, 15) is 0 Å². The second-order valence-corrected chi connectivity index (χ2v) is 7.68. The molecule has 0 aliphatic carbocycles. The molecule has 1 saturated heterocycles. The van der Waals surface area contributed by atoms with Crippen molar-refractivity contribution in [2.75, 3.05) is 25.1 Å². The molecule has 5 nitrogen and oxygen atoms in total. The molecule has 4 rings (SSSR count). The molecule has 1 aromatic carbocycles. The van der Waals surface area contributed by atoms with E-state index in [-0.39, 0.29) is 0 Å². The minimum Gasteiger partial charge on any atom is -0.494 e. The van der Waals surface area contributed by atoms with Gasteiger partial charge in [-0.2, -0.15) is 0 Å². The number of hydrogen-bond acceptors (Lipinski definition) is 5. The van der Waals surface area contributed by atoms with Crippen molar-refractivity contribution in [3.8, 4) is 5.75 Å². The number of ether oxygens (including phenoxy) is 1. The van der Waals surface area contributed by atoms with Crippen LogP contribution in [0.2, 0.25) is 0 Å². The van der Waals surface area contributed by atoms with Gasteiger partial charge in [-0.05, 0) is 12.1 Å². The number of imidazole rings is 1. The number of aromatic nitrogens is 3. The second-order valence-electron chi connectivity index (χ2n) is 6.67. The summed E-state index contributed by atoms with van der Waals surface area (Å²) in [6, 6.07) is 6.10. The van der Waals surface area contributed by atoms with Crippen LogP contribution in [-0.2, 0) is 6.54 Å². The average molecular weight is 342 g/mol. The highest BCUT2D eigenvalue weighted by atomic mass is 32.1. The summed E-state index contributed by atoms with van der Waals surface area (Å²) in [6.45, 7) is 7.54. The summed E-state index contributed by atoms with van der Waals surface area (Å²) in [7, 11) is 1.70. The molecule has 3 aromatic rings. The van der Waals surface area contributed by atoms with Crippen LogP contribution in [-0.4, -0.2) is 34.7 Å². The summed E-state index contributed by atoms with van der Waals surface area (Å²) in [5, 5.41) is 1.10. The Labute approximate surface area is 145 Å². The predicted octanol–water partition coefficient (Wildman–Crippen LogP) is 3.76. The van der Waals surface area contributed by atoms with Crippen LogP contribution in [0.1, 0.15) is 25.6 Å². The zero-order valence-corrected chi connectivity index (χ0v) is 15.1. The Kier molecular flexibility index (Phi) is 3.92. The molecule has 3 heterocycles. The summed E-state index contributed by atoms with van der Waals surface area (Å²) in [6.07, 6.45) is 4.01. The number of hydrogen-bond donors (Lipinski definition) is 0. The lowest BCUT2D eigenvalue weighted by molar-refractivity contribution is 0.350. The molecule has 24 heavy (non-hydrogen) atoms. The number of para-hydroxylation sites is 1. The fourth-order valence-electron chi connectivity index (χ4n) is 3.31. The van der Waals surface area contributed by atoms with Gasteiger partial charge in [-0.25, -0.2) is 9.97 Å². The van der Waals surface area contributed by atoms with E-state index in [2.05, 4.69) is 40.6 Å².